The summed E-state index contributed by atoms with van der Waals surface area (Å²) < 4.78 is 5.85. The third-order valence-corrected chi connectivity index (χ3v) is 8.14. The molecule has 2 unspecified atom stereocenters. The van der Waals surface area contributed by atoms with Gasteiger partial charge in [0, 0.05) is 11.5 Å². The third kappa shape index (κ3) is 2.84. The molecule has 1 N–H and O–H groups in total. The summed E-state index contributed by atoms with van der Waals surface area (Å²) in [4.78, 5) is 12.4. The maximum atomic E-state index is 12.4. The summed E-state index contributed by atoms with van der Waals surface area (Å²) in [5.41, 5.74) is 1.28. The topological polar surface area (TPSA) is 46.5 Å². The number of hydrogen-bond acceptors (Lipinski definition) is 2. The van der Waals surface area contributed by atoms with Crippen molar-refractivity contribution in [3.05, 3.63) is 53.6 Å². The Hall–Kier alpha value is -2.47. The van der Waals surface area contributed by atoms with Crippen molar-refractivity contribution < 1.29 is 14.6 Å². The van der Waals surface area contributed by atoms with E-state index in [0.29, 0.717) is 0 Å². The number of carboxylic acid groups (broad SMARTS) is 1. The van der Waals surface area contributed by atoms with Crippen molar-refractivity contribution in [1.82, 2.24) is 0 Å². The van der Waals surface area contributed by atoms with E-state index in [9.17, 15) is 9.90 Å². The average Bonchev–Trinajstić information content (AvgIpc) is 2.73. The molecule has 1 aromatic rings. The largest absolute Gasteiger partial charge is 0.496 e. The molecule has 4 bridgehead atoms. The molecule has 156 valence electrons. The number of hydrogen-bond donors (Lipinski definition) is 1. The fraction of sp³-hybridized carbons (Fsp3) is 0.519. The van der Waals surface area contributed by atoms with Gasteiger partial charge >= 0.3 is 5.97 Å². The van der Waals surface area contributed by atoms with E-state index in [1.54, 1.807) is 26.2 Å². The molecule has 0 spiro atoms. The second-order valence-corrected chi connectivity index (χ2v) is 9.93. The zero-order valence-electron chi connectivity index (χ0n) is 17.9. The standard InChI is InChI=1S/C27H30O3/c1-3-9-27(25(28)29)10-5-4-6-22(27)21-7-8-24(30-2)23(14-21)26-15-18-11-19(16-26)13-20(12-18)17-26/h4-8,10,14,18-20,22H,11-13,15-17H2,1-2H3,(H,28,29). The lowest BCUT2D eigenvalue weighted by molar-refractivity contribution is -0.143. The first-order valence-corrected chi connectivity index (χ1v) is 11.2. The molecule has 3 nitrogen and oxygen atoms in total. The number of benzene rings is 1. The lowest BCUT2D eigenvalue weighted by Crippen LogP contribution is -2.48. The molecule has 5 aliphatic carbocycles. The number of ether oxygens (including phenoxy) is 1. The number of carboxylic acids is 1. The van der Waals surface area contributed by atoms with Gasteiger partial charge in [0.15, 0.2) is 5.41 Å². The van der Waals surface area contributed by atoms with E-state index < -0.39 is 11.4 Å². The molecule has 0 amide bonds. The van der Waals surface area contributed by atoms with Crippen LogP contribution in [0.25, 0.3) is 0 Å². The number of carbonyl (C=O) groups is 1. The highest BCUT2D eigenvalue weighted by molar-refractivity contribution is 5.84. The van der Waals surface area contributed by atoms with Crippen molar-refractivity contribution in [3.63, 3.8) is 0 Å². The molecule has 1 aromatic carbocycles. The predicted molar refractivity (Wildman–Crippen MR) is 117 cm³/mol. The summed E-state index contributed by atoms with van der Waals surface area (Å²) in [6.45, 7) is 1.71. The average molecular weight is 403 g/mol. The smallest absolute Gasteiger partial charge is 0.326 e. The molecule has 30 heavy (non-hydrogen) atoms. The van der Waals surface area contributed by atoms with E-state index in [4.69, 9.17) is 4.74 Å². The van der Waals surface area contributed by atoms with E-state index in [1.807, 2.05) is 18.2 Å². The Morgan fingerprint density at radius 2 is 1.77 bits per heavy atom. The van der Waals surface area contributed by atoms with Crippen LogP contribution in [0.4, 0.5) is 0 Å². The zero-order chi connectivity index (χ0) is 20.9. The first kappa shape index (κ1) is 19.5. The minimum absolute atomic E-state index is 0.187. The molecule has 0 heterocycles. The second-order valence-electron chi connectivity index (χ2n) is 9.93. The number of rotatable bonds is 4. The van der Waals surface area contributed by atoms with Crippen molar-refractivity contribution in [2.75, 3.05) is 7.11 Å². The molecule has 6 rings (SSSR count). The lowest BCUT2D eigenvalue weighted by atomic mass is 9.48. The van der Waals surface area contributed by atoms with Gasteiger partial charge in [-0.05, 0) is 80.2 Å². The van der Waals surface area contributed by atoms with E-state index in [2.05, 4.69) is 24.0 Å². The number of aliphatic carboxylic acids is 1. The minimum Gasteiger partial charge on any atom is -0.496 e. The lowest BCUT2D eigenvalue weighted by Gasteiger charge is -2.57. The number of allylic oxidation sites excluding steroid dienone is 3. The van der Waals surface area contributed by atoms with Crippen LogP contribution in [-0.4, -0.2) is 18.2 Å². The third-order valence-electron chi connectivity index (χ3n) is 8.14. The first-order chi connectivity index (χ1) is 14.5. The van der Waals surface area contributed by atoms with Gasteiger partial charge in [-0.2, -0.15) is 0 Å². The van der Waals surface area contributed by atoms with Gasteiger partial charge in [-0.25, -0.2) is 0 Å². The second kappa shape index (κ2) is 7.05. The van der Waals surface area contributed by atoms with Crippen LogP contribution in [0.5, 0.6) is 5.75 Å². The van der Waals surface area contributed by atoms with Crippen LogP contribution < -0.4 is 4.74 Å². The molecule has 0 saturated heterocycles. The fourth-order valence-electron chi connectivity index (χ4n) is 7.37. The van der Waals surface area contributed by atoms with Crippen LogP contribution in [0.15, 0.2) is 42.5 Å². The van der Waals surface area contributed by atoms with Gasteiger partial charge in [0.25, 0.3) is 0 Å². The predicted octanol–water partition coefficient (Wildman–Crippen LogP) is 5.47. The minimum atomic E-state index is -1.23. The molecule has 3 heteroatoms. The molecule has 4 saturated carbocycles. The summed E-state index contributed by atoms with van der Waals surface area (Å²) in [7, 11) is 1.76. The maximum absolute atomic E-state index is 12.4. The summed E-state index contributed by atoms with van der Waals surface area (Å²) in [5, 5.41) is 10.1. The summed E-state index contributed by atoms with van der Waals surface area (Å²) in [6, 6.07) is 6.35. The van der Waals surface area contributed by atoms with Crippen molar-refractivity contribution >= 4 is 5.97 Å². The normalized spacial score (nSPS) is 38.2. The van der Waals surface area contributed by atoms with Crippen LogP contribution in [0.2, 0.25) is 0 Å². The van der Waals surface area contributed by atoms with Crippen molar-refractivity contribution in [2.45, 2.75) is 56.8 Å². The molecule has 4 fully saturated rings. The Labute approximate surface area is 179 Å². The van der Waals surface area contributed by atoms with Gasteiger partial charge in [-0.1, -0.05) is 42.4 Å². The molecule has 0 radical (unpaired) electrons. The Morgan fingerprint density at radius 3 is 2.33 bits per heavy atom. The number of methoxy groups -OCH3 is 1. The SMILES string of the molecule is CC#CC1(C(=O)O)C=CC=CC1c1ccc(OC)c(C23CC4CC(CC(C4)C2)C3)c1. The van der Waals surface area contributed by atoms with E-state index >= 15 is 0 Å². The summed E-state index contributed by atoms with van der Waals surface area (Å²) in [5.74, 6) is 8.14. The van der Waals surface area contributed by atoms with Gasteiger partial charge in [0.2, 0.25) is 0 Å². The van der Waals surface area contributed by atoms with Crippen molar-refractivity contribution in [2.24, 2.45) is 23.2 Å². The summed E-state index contributed by atoms with van der Waals surface area (Å²) >= 11 is 0. The highest BCUT2D eigenvalue weighted by atomic mass is 16.5. The van der Waals surface area contributed by atoms with Crippen molar-refractivity contribution in [3.8, 4) is 17.6 Å². The van der Waals surface area contributed by atoms with Crippen LogP contribution in [-0.2, 0) is 10.2 Å². The van der Waals surface area contributed by atoms with Crippen LogP contribution in [0.1, 0.15) is 62.5 Å². The summed E-state index contributed by atoms with van der Waals surface area (Å²) in [6.07, 6.45) is 15.4. The molecule has 0 aliphatic heterocycles. The van der Waals surface area contributed by atoms with E-state index in [-0.39, 0.29) is 11.3 Å². The van der Waals surface area contributed by atoms with Gasteiger partial charge < -0.3 is 9.84 Å². The van der Waals surface area contributed by atoms with Crippen LogP contribution in [0.3, 0.4) is 0 Å². The fourth-order valence-corrected chi connectivity index (χ4v) is 7.37. The van der Waals surface area contributed by atoms with Gasteiger partial charge in [-0.3, -0.25) is 4.79 Å². The van der Waals surface area contributed by atoms with Crippen molar-refractivity contribution in [1.29, 1.82) is 0 Å². The molecule has 5 aliphatic rings. The highest BCUT2D eigenvalue weighted by Crippen LogP contribution is 2.62. The Kier molecular flexibility index (Phi) is 4.58. The van der Waals surface area contributed by atoms with E-state index in [0.717, 1.165) is 29.1 Å². The van der Waals surface area contributed by atoms with Gasteiger partial charge in [-0.15, -0.1) is 5.92 Å². The zero-order valence-corrected chi connectivity index (χ0v) is 17.9. The molecular formula is C27H30O3. The van der Waals surface area contributed by atoms with Crippen LogP contribution >= 0.6 is 0 Å². The monoisotopic (exact) mass is 402 g/mol. The van der Waals surface area contributed by atoms with Gasteiger partial charge in [0.05, 0.1) is 7.11 Å². The molecule has 2 atom stereocenters. The quantitative estimate of drug-likeness (QED) is 0.680. The molecular weight excluding hydrogens is 372 g/mol. The maximum Gasteiger partial charge on any atom is 0.326 e. The van der Waals surface area contributed by atoms with E-state index in [1.165, 1.54) is 44.1 Å². The highest BCUT2D eigenvalue weighted by Gasteiger charge is 2.53. The Morgan fingerprint density at radius 1 is 1.10 bits per heavy atom. The Bertz CT molecular complexity index is 954. The molecule has 0 aromatic heterocycles. The van der Waals surface area contributed by atoms with Crippen LogP contribution in [0, 0.1) is 35.0 Å². The van der Waals surface area contributed by atoms with Gasteiger partial charge in [0.1, 0.15) is 5.75 Å². The Balaban J connectivity index is 1.62. The first-order valence-electron chi connectivity index (χ1n) is 11.2.